The van der Waals surface area contributed by atoms with Gasteiger partial charge in [0.15, 0.2) is 5.82 Å². The van der Waals surface area contributed by atoms with Gasteiger partial charge in [-0.25, -0.2) is 13.6 Å². The molecule has 2 N–H and O–H groups in total. The molecule has 0 radical (unpaired) electrons. The first-order valence-corrected chi connectivity index (χ1v) is 9.26. The van der Waals surface area contributed by atoms with Gasteiger partial charge in [-0.05, 0) is 26.0 Å². The molecule has 1 fully saturated rings. The highest BCUT2D eigenvalue weighted by Crippen LogP contribution is 2.27. The van der Waals surface area contributed by atoms with Gasteiger partial charge in [-0.15, -0.1) is 0 Å². The number of carboxylic acid groups (broad SMARTS) is 1. The Kier molecular flexibility index (Phi) is 6.25. The van der Waals surface area contributed by atoms with Gasteiger partial charge in [0.1, 0.15) is 17.1 Å². The lowest BCUT2D eigenvalue weighted by Crippen LogP contribution is -2.37. The summed E-state index contributed by atoms with van der Waals surface area (Å²) in [5, 5.41) is 11.7. The molecule has 1 aliphatic heterocycles. The molecule has 0 unspecified atom stereocenters. The minimum Gasteiger partial charge on any atom is -0.477 e. The van der Waals surface area contributed by atoms with Crippen LogP contribution in [0.1, 0.15) is 23.7 Å². The van der Waals surface area contributed by atoms with Crippen molar-refractivity contribution in [1.29, 1.82) is 0 Å². The zero-order valence-electron chi connectivity index (χ0n) is 15.6. The van der Waals surface area contributed by atoms with E-state index in [0.717, 1.165) is 31.9 Å². The van der Waals surface area contributed by atoms with Crippen molar-refractivity contribution in [3.05, 3.63) is 39.7 Å². The maximum Gasteiger partial charge on any atom is 0.341 e. The van der Waals surface area contributed by atoms with E-state index >= 15 is 4.39 Å². The van der Waals surface area contributed by atoms with Crippen LogP contribution < -0.4 is 10.7 Å². The molecule has 28 heavy (non-hydrogen) atoms. The topological polar surface area (TPSA) is 83.8 Å². The summed E-state index contributed by atoms with van der Waals surface area (Å²) in [6, 6.07) is 0.906. The highest BCUT2D eigenvalue weighted by molar-refractivity contribution is 5.93. The molecule has 0 spiro atoms. The monoisotopic (exact) mass is 395 g/mol. The minimum atomic E-state index is -1.43. The third-order valence-corrected chi connectivity index (χ3v) is 4.88. The second-order valence-corrected chi connectivity index (χ2v) is 6.64. The number of benzene rings is 1. The number of aromatic carboxylic acids is 1. The Labute approximate surface area is 160 Å². The number of carbonyl (C=O) groups is 1. The second kappa shape index (κ2) is 8.66. The number of carboxylic acids is 1. The lowest BCUT2D eigenvalue weighted by atomic mass is 10.1. The Morgan fingerprint density at radius 1 is 1.32 bits per heavy atom. The molecule has 1 aromatic carbocycles. The summed E-state index contributed by atoms with van der Waals surface area (Å²) in [6.07, 6.45) is 1.78. The first kappa shape index (κ1) is 20.2. The molecule has 0 aliphatic carbocycles. The molecule has 2 heterocycles. The van der Waals surface area contributed by atoms with Crippen LogP contribution in [0.25, 0.3) is 10.9 Å². The van der Waals surface area contributed by atoms with Gasteiger partial charge in [-0.3, -0.25) is 9.69 Å². The molecular formula is C19H23F2N3O4. The molecule has 0 atom stereocenters. The van der Waals surface area contributed by atoms with Gasteiger partial charge in [0, 0.05) is 32.4 Å². The van der Waals surface area contributed by atoms with Gasteiger partial charge in [-0.1, -0.05) is 0 Å². The lowest BCUT2D eigenvalue weighted by Gasteiger charge is -2.26. The molecule has 7 nitrogen and oxygen atoms in total. The van der Waals surface area contributed by atoms with Crippen molar-refractivity contribution in [2.75, 3.05) is 44.7 Å². The summed E-state index contributed by atoms with van der Waals surface area (Å²) in [5.74, 6) is -3.24. The summed E-state index contributed by atoms with van der Waals surface area (Å²) in [6.45, 7) is 6.13. The molecular weight excluding hydrogens is 372 g/mol. The van der Waals surface area contributed by atoms with Gasteiger partial charge >= 0.3 is 5.97 Å². The quantitative estimate of drug-likeness (QED) is 0.699. The summed E-state index contributed by atoms with van der Waals surface area (Å²) in [7, 11) is 0. The molecule has 1 aliphatic rings. The first-order chi connectivity index (χ1) is 13.4. The van der Waals surface area contributed by atoms with E-state index in [1.54, 1.807) is 6.92 Å². The van der Waals surface area contributed by atoms with Crippen LogP contribution in [0.2, 0.25) is 0 Å². The number of ether oxygens (including phenoxy) is 1. The average Bonchev–Trinajstić information content (AvgIpc) is 2.68. The van der Waals surface area contributed by atoms with Crippen molar-refractivity contribution in [2.24, 2.45) is 0 Å². The number of nitrogens with zero attached hydrogens (tertiary/aromatic N) is 2. The summed E-state index contributed by atoms with van der Waals surface area (Å²) < 4.78 is 36.1. The number of aromatic nitrogens is 1. The number of hydrogen-bond donors (Lipinski definition) is 2. The van der Waals surface area contributed by atoms with Crippen molar-refractivity contribution in [3.8, 4) is 0 Å². The van der Waals surface area contributed by atoms with Crippen molar-refractivity contribution in [1.82, 2.24) is 9.47 Å². The number of rotatable bonds is 7. The van der Waals surface area contributed by atoms with Crippen LogP contribution in [0.5, 0.6) is 0 Å². The van der Waals surface area contributed by atoms with Gasteiger partial charge in [-0.2, -0.15) is 0 Å². The fourth-order valence-corrected chi connectivity index (χ4v) is 3.39. The van der Waals surface area contributed by atoms with Gasteiger partial charge in [0.05, 0.1) is 24.1 Å². The molecule has 0 amide bonds. The van der Waals surface area contributed by atoms with Crippen molar-refractivity contribution < 1.29 is 23.4 Å². The second-order valence-electron chi connectivity index (χ2n) is 6.64. The van der Waals surface area contributed by atoms with E-state index in [1.165, 1.54) is 4.57 Å². The van der Waals surface area contributed by atoms with Crippen molar-refractivity contribution in [3.63, 3.8) is 0 Å². The van der Waals surface area contributed by atoms with Crippen LogP contribution in [0.15, 0.2) is 17.1 Å². The van der Waals surface area contributed by atoms with Crippen molar-refractivity contribution in [2.45, 2.75) is 19.9 Å². The van der Waals surface area contributed by atoms with E-state index in [1.807, 2.05) is 0 Å². The molecule has 3 rings (SSSR count). The normalized spacial score (nSPS) is 15.1. The fourth-order valence-electron chi connectivity index (χ4n) is 3.39. The van der Waals surface area contributed by atoms with Crippen LogP contribution in [-0.4, -0.2) is 59.9 Å². The molecule has 1 saturated heterocycles. The standard InChI is InChI=1S/C19H23F2N3O4/c1-2-24-11-13(19(26)27)18(25)12-10-14(20)16(15(21)17(12)24)22-4-3-5-23-6-8-28-9-7-23/h10-11,22H,2-9H2,1H3,(H,26,27). The predicted molar refractivity (Wildman–Crippen MR) is 101 cm³/mol. The molecule has 9 heteroatoms. The Hall–Kier alpha value is -2.52. The van der Waals surface area contributed by atoms with E-state index in [0.29, 0.717) is 26.2 Å². The van der Waals surface area contributed by atoms with Crippen LogP contribution in [0, 0.1) is 11.6 Å². The van der Waals surface area contributed by atoms with Crippen molar-refractivity contribution >= 4 is 22.6 Å². The summed E-state index contributed by atoms with van der Waals surface area (Å²) in [5.41, 5.74) is -1.82. The zero-order chi connectivity index (χ0) is 20.3. The lowest BCUT2D eigenvalue weighted by molar-refractivity contribution is 0.0378. The Bertz CT molecular complexity index is 939. The van der Waals surface area contributed by atoms with Gasteiger partial charge < -0.3 is 19.7 Å². The SMILES string of the molecule is CCn1cc(C(=O)O)c(=O)c2cc(F)c(NCCCN3CCOCC3)c(F)c21. The number of hydrogen-bond acceptors (Lipinski definition) is 5. The highest BCUT2D eigenvalue weighted by atomic mass is 19.1. The van der Waals surface area contributed by atoms with Gasteiger partial charge in [0.25, 0.3) is 0 Å². The van der Waals surface area contributed by atoms with Crippen LogP contribution >= 0.6 is 0 Å². The number of morpholine rings is 1. The predicted octanol–water partition coefficient (Wildman–Crippen LogP) is 2.13. The smallest absolute Gasteiger partial charge is 0.341 e. The number of pyridine rings is 1. The fraction of sp³-hybridized carbons (Fsp3) is 0.474. The number of fused-ring (bicyclic) bond motifs is 1. The van der Waals surface area contributed by atoms with Crippen LogP contribution in [0.4, 0.5) is 14.5 Å². The van der Waals surface area contributed by atoms with E-state index in [4.69, 9.17) is 9.84 Å². The molecule has 152 valence electrons. The average molecular weight is 395 g/mol. The molecule has 0 saturated carbocycles. The number of halogens is 2. The van der Waals surface area contributed by atoms with E-state index < -0.39 is 28.6 Å². The minimum absolute atomic E-state index is 0.102. The maximum atomic E-state index is 15.0. The Morgan fingerprint density at radius 3 is 2.68 bits per heavy atom. The van der Waals surface area contributed by atoms with Crippen LogP contribution in [0.3, 0.4) is 0 Å². The Balaban J connectivity index is 1.86. The van der Waals surface area contributed by atoms with Crippen LogP contribution in [-0.2, 0) is 11.3 Å². The highest BCUT2D eigenvalue weighted by Gasteiger charge is 2.21. The summed E-state index contributed by atoms with van der Waals surface area (Å²) >= 11 is 0. The number of nitrogens with one attached hydrogen (secondary N) is 1. The Morgan fingerprint density at radius 2 is 2.04 bits per heavy atom. The third kappa shape index (κ3) is 4.00. The third-order valence-electron chi connectivity index (χ3n) is 4.88. The largest absolute Gasteiger partial charge is 0.477 e. The zero-order valence-corrected chi connectivity index (χ0v) is 15.6. The van der Waals surface area contributed by atoms with E-state index in [9.17, 15) is 14.0 Å². The van der Waals surface area contributed by atoms with Gasteiger partial charge in [0.2, 0.25) is 5.43 Å². The van der Waals surface area contributed by atoms with E-state index in [-0.39, 0.29) is 23.1 Å². The molecule has 1 aromatic heterocycles. The number of aryl methyl sites for hydroxylation is 1. The maximum absolute atomic E-state index is 15.0. The molecule has 2 aromatic rings. The molecule has 0 bridgehead atoms. The number of anilines is 1. The summed E-state index contributed by atoms with van der Waals surface area (Å²) in [4.78, 5) is 25.8. The first-order valence-electron chi connectivity index (χ1n) is 9.26. The van der Waals surface area contributed by atoms with E-state index in [2.05, 4.69) is 10.2 Å².